The number of likely N-dealkylation sites (N-methyl/N-ethyl adjacent to an activating group) is 1. The number of likely N-dealkylation sites (tertiary alicyclic amines) is 1. The number of nitrogens with zero attached hydrogens (tertiary/aromatic N) is 2. The number of thiophene rings is 1. The van der Waals surface area contributed by atoms with Crippen molar-refractivity contribution in [3.05, 3.63) is 21.4 Å². The van der Waals surface area contributed by atoms with Crippen LogP contribution in [0.15, 0.2) is 6.07 Å². The van der Waals surface area contributed by atoms with Gasteiger partial charge in [-0.15, -0.1) is 11.3 Å². The summed E-state index contributed by atoms with van der Waals surface area (Å²) in [5.41, 5.74) is 7.61. The highest BCUT2D eigenvalue weighted by atomic mass is 32.1. The fourth-order valence-electron chi connectivity index (χ4n) is 4.07. The third-order valence-electron chi connectivity index (χ3n) is 5.28. The summed E-state index contributed by atoms with van der Waals surface area (Å²) in [4.78, 5) is 8.11. The number of aryl methyl sites for hydroxylation is 2. The molecule has 2 aliphatic heterocycles. The highest BCUT2D eigenvalue weighted by molar-refractivity contribution is 7.12. The molecule has 112 valence electrons. The largest absolute Gasteiger partial charge is 0.329 e. The molecule has 2 fully saturated rings. The molecule has 1 aromatic rings. The highest BCUT2D eigenvalue weighted by Crippen LogP contribution is 2.34. The molecule has 2 bridgehead atoms. The van der Waals surface area contributed by atoms with Crippen LogP contribution in [-0.4, -0.2) is 48.6 Å². The minimum atomic E-state index is 0.410. The molecule has 0 amide bonds. The molecule has 0 aromatic carbocycles. The molecule has 3 nitrogen and oxygen atoms in total. The van der Waals surface area contributed by atoms with Gasteiger partial charge in [-0.25, -0.2) is 0 Å². The first kappa shape index (κ1) is 14.5. The number of hydrogen-bond donors (Lipinski definition) is 1. The summed E-state index contributed by atoms with van der Waals surface area (Å²) in [6, 6.07) is 4.29. The van der Waals surface area contributed by atoms with Gasteiger partial charge in [-0.1, -0.05) is 0 Å². The average Bonchev–Trinajstić information content (AvgIpc) is 2.84. The van der Waals surface area contributed by atoms with Gasteiger partial charge in [-0.05, 0) is 51.8 Å². The zero-order valence-electron chi connectivity index (χ0n) is 12.9. The molecular formula is C16H27N3S. The highest BCUT2D eigenvalue weighted by Gasteiger charge is 2.36. The standard InChI is InChI=1S/C16H27N3S/c1-11-8-15(12(2)20-11)16(9-17)19-7-6-13-4-5-14(10-19)18(13)3/h8,13-14,16H,4-7,9-10,17H2,1-3H3. The Bertz CT molecular complexity index is 470. The molecule has 1 aromatic heterocycles. The van der Waals surface area contributed by atoms with Gasteiger partial charge in [0.15, 0.2) is 0 Å². The summed E-state index contributed by atoms with van der Waals surface area (Å²) in [7, 11) is 2.31. The SMILES string of the molecule is Cc1cc(C(CN)N2CCC3CCC(C2)N3C)c(C)s1. The summed E-state index contributed by atoms with van der Waals surface area (Å²) in [5, 5.41) is 0. The first-order valence-electron chi connectivity index (χ1n) is 7.83. The molecule has 20 heavy (non-hydrogen) atoms. The van der Waals surface area contributed by atoms with E-state index < -0.39 is 0 Å². The van der Waals surface area contributed by atoms with E-state index in [-0.39, 0.29) is 0 Å². The van der Waals surface area contributed by atoms with Gasteiger partial charge < -0.3 is 5.73 Å². The van der Waals surface area contributed by atoms with Gasteiger partial charge in [-0.3, -0.25) is 9.80 Å². The fourth-order valence-corrected chi connectivity index (χ4v) is 5.05. The van der Waals surface area contributed by atoms with Crippen molar-refractivity contribution in [2.45, 2.75) is 51.2 Å². The zero-order chi connectivity index (χ0) is 14.3. The third-order valence-corrected chi connectivity index (χ3v) is 6.26. The Morgan fingerprint density at radius 3 is 2.70 bits per heavy atom. The molecule has 0 saturated carbocycles. The van der Waals surface area contributed by atoms with Crippen molar-refractivity contribution in [2.75, 3.05) is 26.7 Å². The van der Waals surface area contributed by atoms with Gasteiger partial charge in [0.1, 0.15) is 0 Å². The lowest BCUT2D eigenvalue weighted by atomic mass is 10.0. The van der Waals surface area contributed by atoms with Crippen LogP contribution >= 0.6 is 11.3 Å². The van der Waals surface area contributed by atoms with Crippen LogP contribution in [0.25, 0.3) is 0 Å². The van der Waals surface area contributed by atoms with Crippen molar-refractivity contribution in [1.82, 2.24) is 9.80 Å². The van der Waals surface area contributed by atoms with E-state index in [2.05, 4.69) is 36.8 Å². The van der Waals surface area contributed by atoms with Gasteiger partial charge >= 0.3 is 0 Å². The maximum Gasteiger partial charge on any atom is 0.0482 e. The zero-order valence-corrected chi connectivity index (χ0v) is 13.7. The van der Waals surface area contributed by atoms with Gasteiger partial charge in [0.2, 0.25) is 0 Å². The van der Waals surface area contributed by atoms with Crippen LogP contribution < -0.4 is 5.73 Å². The number of rotatable bonds is 3. The van der Waals surface area contributed by atoms with Crippen molar-refractivity contribution >= 4 is 11.3 Å². The van der Waals surface area contributed by atoms with E-state index in [0.717, 1.165) is 18.6 Å². The topological polar surface area (TPSA) is 32.5 Å². The maximum atomic E-state index is 6.15. The molecular weight excluding hydrogens is 266 g/mol. The summed E-state index contributed by atoms with van der Waals surface area (Å²) >= 11 is 1.91. The van der Waals surface area contributed by atoms with Crippen LogP contribution in [-0.2, 0) is 0 Å². The molecule has 2 aliphatic rings. The van der Waals surface area contributed by atoms with Crippen molar-refractivity contribution < 1.29 is 0 Å². The van der Waals surface area contributed by atoms with Crippen LogP contribution in [0, 0.1) is 13.8 Å². The van der Waals surface area contributed by atoms with Crippen LogP contribution in [0.1, 0.15) is 40.6 Å². The van der Waals surface area contributed by atoms with Crippen LogP contribution in [0.2, 0.25) is 0 Å². The van der Waals surface area contributed by atoms with Crippen LogP contribution in [0.5, 0.6) is 0 Å². The Morgan fingerprint density at radius 2 is 2.05 bits per heavy atom. The first-order valence-corrected chi connectivity index (χ1v) is 8.64. The predicted octanol–water partition coefficient (Wildman–Crippen LogP) is 2.53. The van der Waals surface area contributed by atoms with Crippen molar-refractivity contribution in [1.29, 1.82) is 0 Å². The second-order valence-corrected chi connectivity index (χ2v) is 7.91. The Kier molecular flexibility index (Phi) is 4.18. The second kappa shape index (κ2) is 5.76. The summed E-state index contributed by atoms with van der Waals surface area (Å²) in [6.45, 7) is 7.56. The number of fused-ring (bicyclic) bond motifs is 2. The van der Waals surface area contributed by atoms with Gasteiger partial charge in [-0.2, -0.15) is 0 Å². The lowest BCUT2D eigenvalue weighted by Crippen LogP contribution is -2.40. The van der Waals surface area contributed by atoms with Gasteiger partial charge in [0.05, 0.1) is 0 Å². The van der Waals surface area contributed by atoms with E-state index in [1.807, 2.05) is 11.3 Å². The molecule has 3 rings (SSSR count). The monoisotopic (exact) mass is 293 g/mol. The lowest BCUT2D eigenvalue weighted by Gasteiger charge is -2.32. The second-order valence-electron chi connectivity index (χ2n) is 6.45. The Labute approximate surface area is 126 Å². The molecule has 0 spiro atoms. The molecule has 2 N–H and O–H groups in total. The molecule has 2 saturated heterocycles. The van der Waals surface area contributed by atoms with Crippen LogP contribution in [0.3, 0.4) is 0 Å². The summed E-state index contributed by atoms with van der Waals surface area (Å²) < 4.78 is 0. The molecule has 4 heteroatoms. The molecule has 0 aliphatic carbocycles. The van der Waals surface area contributed by atoms with Gasteiger partial charge in [0, 0.05) is 47.5 Å². The normalized spacial score (nSPS) is 29.6. The smallest absolute Gasteiger partial charge is 0.0482 e. The minimum absolute atomic E-state index is 0.410. The maximum absolute atomic E-state index is 6.15. The summed E-state index contributed by atoms with van der Waals surface area (Å²) in [5.74, 6) is 0. The van der Waals surface area contributed by atoms with E-state index in [4.69, 9.17) is 5.73 Å². The Hall–Kier alpha value is -0.420. The Balaban J connectivity index is 1.81. The fraction of sp³-hybridized carbons (Fsp3) is 0.750. The molecule has 3 heterocycles. The number of nitrogens with two attached hydrogens (primary N) is 1. The molecule has 3 atom stereocenters. The summed E-state index contributed by atoms with van der Waals surface area (Å²) in [6.07, 6.45) is 4.04. The van der Waals surface area contributed by atoms with E-state index in [0.29, 0.717) is 6.04 Å². The van der Waals surface area contributed by atoms with E-state index in [9.17, 15) is 0 Å². The number of hydrogen-bond acceptors (Lipinski definition) is 4. The molecule has 0 radical (unpaired) electrons. The average molecular weight is 293 g/mol. The Morgan fingerprint density at radius 1 is 1.30 bits per heavy atom. The third kappa shape index (κ3) is 2.54. The van der Waals surface area contributed by atoms with E-state index in [1.165, 1.54) is 47.7 Å². The minimum Gasteiger partial charge on any atom is -0.329 e. The molecule has 3 unspecified atom stereocenters. The van der Waals surface area contributed by atoms with Crippen molar-refractivity contribution in [3.8, 4) is 0 Å². The first-order chi connectivity index (χ1) is 9.60. The quantitative estimate of drug-likeness (QED) is 0.929. The van der Waals surface area contributed by atoms with Crippen LogP contribution in [0.4, 0.5) is 0 Å². The van der Waals surface area contributed by atoms with E-state index >= 15 is 0 Å². The van der Waals surface area contributed by atoms with Gasteiger partial charge in [0.25, 0.3) is 0 Å². The van der Waals surface area contributed by atoms with E-state index in [1.54, 1.807) is 0 Å². The van der Waals surface area contributed by atoms with Crippen molar-refractivity contribution in [2.24, 2.45) is 5.73 Å². The van der Waals surface area contributed by atoms with Crippen molar-refractivity contribution in [3.63, 3.8) is 0 Å². The lowest BCUT2D eigenvalue weighted by molar-refractivity contribution is 0.175. The predicted molar refractivity (Wildman–Crippen MR) is 86.4 cm³/mol.